The molecular formula is C8H15BrN2O. The molecule has 3 nitrogen and oxygen atoms in total. The molecule has 0 saturated carbocycles. The average molecular weight is 235 g/mol. The molecule has 0 atom stereocenters. The number of hydrogen-bond donors (Lipinski definition) is 1. The quantitative estimate of drug-likeness (QED) is 0.856. The van der Waals surface area contributed by atoms with Crippen molar-refractivity contribution in [2.75, 3.05) is 6.61 Å². The molecule has 0 aliphatic heterocycles. The van der Waals surface area contributed by atoms with Gasteiger partial charge in [-0.15, -0.1) is 17.0 Å². The second-order valence-corrected chi connectivity index (χ2v) is 2.49. The Kier molecular flexibility index (Phi) is 6.02. The van der Waals surface area contributed by atoms with Gasteiger partial charge in [0.15, 0.2) is 0 Å². The lowest BCUT2D eigenvalue weighted by molar-refractivity contribution is 0.288. The molecule has 0 aliphatic carbocycles. The molecule has 0 bridgehead atoms. The maximum absolute atomic E-state index is 8.56. The lowest BCUT2D eigenvalue weighted by atomic mass is 10.2. The van der Waals surface area contributed by atoms with Crippen LogP contribution in [0, 0.1) is 0 Å². The van der Waals surface area contributed by atoms with Gasteiger partial charge in [-0.3, -0.25) is 4.68 Å². The molecule has 0 radical (unpaired) electrons. The number of aliphatic hydroxyl groups excluding tert-OH is 1. The Bertz CT molecular complexity index is 213. The van der Waals surface area contributed by atoms with Crippen molar-refractivity contribution in [3.63, 3.8) is 0 Å². The number of aliphatic hydroxyl groups is 1. The van der Waals surface area contributed by atoms with Crippen LogP contribution in [0.4, 0.5) is 0 Å². The Morgan fingerprint density at radius 3 is 2.83 bits per heavy atom. The maximum Gasteiger partial charge on any atom is 0.0625 e. The van der Waals surface area contributed by atoms with Crippen molar-refractivity contribution < 1.29 is 5.11 Å². The zero-order valence-corrected chi connectivity index (χ0v) is 8.95. The normalized spacial score (nSPS) is 9.50. The third kappa shape index (κ3) is 3.36. The van der Waals surface area contributed by atoms with Crippen LogP contribution in [0.1, 0.15) is 19.0 Å². The van der Waals surface area contributed by atoms with E-state index in [1.807, 2.05) is 16.9 Å². The Hall–Kier alpha value is -0.350. The summed E-state index contributed by atoms with van der Waals surface area (Å²) in [6.45, 7) is 3.22. The van der Waals surface area contributed by atoms with Gasteiger partial charge in [-0.1, -0.05) is 0 Å². The van der Waals surface area contributed by atoms with E-state index in [4.69, 9.17) is 5.11 Å². The summed E-state index contributed by atoms with van der Waals surface area (Å²) >= 11 is 0. The summed E-state index contributed by atoms with van der Waals surface area (Å²) in [6, 6.07) is 2.00. The van der Waals surface area contributed by atoms with Gasteiger partial charge in [0.05, 0.1) is 5.69 Å². The molecule has 0 aromatic carbocycles. The molecule has 1 heterocycles. The average Bonchev–Trinajstić information content (AvgIpc) is 2.48. The summed E-state index contributed by atoms with van der Waals surface area (Å²) < 4.78 is 1.90. The van der Waals surface area contributed by atoms with E-state index in [1.165, 1.54) is 0 Å². The highest BCUT2D eigenvalue weighted by atomic mass is 79.9. The number of aryl methyl sites for hydroxylation is 2. The van der Waals surface area contributed by atoms with Crippen molar-refractivity contribution in [2.45, 2.75) is 26.3 Å². The van der Waals surface area contributed by atoms with Gasteiger partial charge >= 0.3 is 0 Å². The standard InChI is InChI=1S/C8H14N2O.BrH/c1-2-10-6-5-8(9-10)4-3-7-11;/h5-6,11H,2-4,7H2,1H3;1H. The van der Waals surface area contributed by atoms with Crippen LogP contribution in [0.2, 0.25) is 0 Å². The second kappa shape index (κ2) is 6.20. The predicted molar refractivity (Wildman–Crippen MR) is 53.6 cm³/mol. The van der Waals surface area contributed by atoms with E-state index in [1.54, 1.807) is 0 Å². The summed E-state index contributed by atoms with van der Waals surface area (Å²) in [5, 5.41) is 12.8. The van der Waals surface area contributed by atoms with E-state index >= 15 is 0 Å². The number of nitrogens with zero attached hydrogens (tertiary/aromatic N) is 2. The molecule has 0 unspecified atom stereocenters. The molecular weight excluding hydrogens is 220 g/mol. The van der Waals surface area contributed by atoms with Crippen LogP contribution in [0.3, 0.4) is 0 Å². The van der Waals surface area contributed by atoms with Gasteiger partial charge in [-0.05, 0) is 25.8 Å². The summed E-state index contributed by atoms with van der Waals surface area (Å²) in [5.41, 5.74) is 1.07. The monoisotopic (exact) mass is 234 g/mol. The molecule has 0 fully saturated rings. The zero-order chi connectivity index (χ0) is 8.10. The molecule has 12 heavy (non-hydrogen) atoms. The van der Waals surface area contributed by atoms with Crippen molar-refractivity contribution in [2.24, 2.45) is 0 Å². The van der Waals surface area contributed by atoms with Gasteiger partial charge in [-0.25, -0.2) is 0 Å². The predicted octanol–water partition coefficient (Wildman–Crippen LogP) is 1.41. The SMILES string of the molecule is Br.CCn1ccc(CCCO)n1. The van der Waals surface area contributed by atoms with Crippen LogP contribution >= 0.6 is 17.0 Å². The van der Waals surface area contributed by atoms with Gasteiger partial charge < -0.3 is 5.11 Å². The van der Waals surface area contributed by atoms with Crippen molar-refractivity contribution in [1.29, 1.82) is 0 Å². The van der Waals surface area contributed by atoms with E-state index in [-0.39, 0.29) is 23.6 Å². The van der Waals surface area contributed by atoms with Crippen molar-refractivity contribution in [3.8, 4) is 0 Å². The third-order valence-electron chi connectivity index (χ3n) is 1.61. The third-order valence-corrected chi connectivity index (χ3v) is 1.61. The first kappa shape index (κ1) is 11.6. The molecule has 0 amide bonds. The fraction of sp³-hybridized carbons (Fsp3) is 0.625. The lowest BCUT2D eigenvalue weighted by Gasteiger charge is -1.93. The number of aromatic nitrogens is 2. The molecule has 4 heteroatoms. The minimum Gasteiger partial charge on any atom is -0.396 e. The van der Waals surface area contributed by atoms with Crippen LogP contribution in [-0.4, -0.2) is 21.5 Å². The second-order valence-electron chi connectivity index (χ2n) is 2.49. The fourth-order valence-corrected chi connectivity index (χ4v) is 0.973. The number of rotatable bonds is 4. The Morgan fingerprint density at radius 2 is 2.33 bits per heavy atom. The first-order chi connectivity index (χ1) is 5.36. The van der Waals surface area contributed by atoms with E-state index in [0.717, 1.165) is 25.1 Å². The van der Waals surface area contributed by atoms with E-state index in [9.17, 15) is 0 Å². The minimum atomic E-state index is 0. The molecule has 1 N–H and O–H groups in total. The molecule has 0 saturated heterocycles. The van der Waals surface area contributed by atoms with Crippen molar-refractivity contribution >= 4 is 17.0 Å². The van der Waals surface area contributed by atoms with Gasteiger partial charge in [0, 0.05) is 19.3 Å². The zero-order valence-electron chi connectivity index (χ0n) is 7.23. The van der Waals surface area contributed by atoms with Crippen LogP contribution in [0.15, 0.2) is 12.3 Å². The van der Waals surface area contributed by atoms with E-state index < -0.39 is 0 Å². The molecule has 70 valence electrons. The summed E-state index contributed by atoms with van der Waals surface area (Å²) in [4.78, 5) is 0. The Morgan fingerprint density at radius 1 is 1.58 bits per heavy atom. The largest absolute Gasteiger partial charge is 0.396 e. The van der Waals surface area contributed by atoms with Crippen LogP contribution < -0.4 is 0 Å². The van der Waals surface area contributed by atoms with Gasteiger partial charge in [0.1, 0.15) is 0 Å². The molecule has 1 aromatic rings. The van der Waals surface area contributed by atoms with Gasteiger partial charge in [-0.2, -0.15) is 5.10 Å². The first-order valence-corrected chi connectivity index (χ1v) is 4.00. The molecule has 0 aliphatic rings. The van der Waals surface area contributed by atoms with Crippen LogP contribution in [0.5, 0.6) is 0 Å². The van der Waals surface area contributed by atoms with Gasteiger partial charge in [0.2, 0.25) is 0 Å². The van der Waals surface area contributed by atoms with Crippen LogP contribution in [0.25, 0.3) is 0 Å². The smallest absolute Gasteiger partial charge is 0.0625 e. The number of halogens is 1. The fourth-order valence-electron chi connectivity index (χ4n) is 0.973. The Balaban J connectivity index is 0.00000121. The highest BCUT2D eigenvalue weighted by Gasteiger charge is 1.95. The summed E-state index contributed by atoms with van der Waals surface area (Å²) in [6.07, 6.45) is 3.65. The van der Waals surface area contributed by atoms with E-state index in [2.05, 4.69) is 12.0 Å². The van der Waals surface area contributed by atoms with E-state index in [0.29, 0.717) is 0 Å². The molecule has 0 spiro atoms. The topological polar surface area (TPSA) is 38.0 Å². The maximum atomic E-state index is 8.56. The van der Waals surface area contributed by atoms with Gasteiger partial charge in [0.25, 0.3) is 0 Å². The summed E-state index contributed by atoms with van der Waals surface area (Å²) in [5.74, 6) is 0. The minimum absolute atomic E-state index is 0. The molecule has 1 rings (SSSR count). The van der Waals surface area contributed by atoms with Crippen molar-refractivity contribution in [1.82, 2.24) is 9.78 Å². The number of hydrogen-bond acceptors (Lipinski definition) is 2. The van der Waals surface area contributed by atoms with Crippen molar-refractivity contribution in [3.05, 3.63) is 18.0 Å². The highest BCUT2D eigenvalue weighted by molar-refractivity contribution is 8.93. The Labute approximate surface area is 83.2 Å². The molecule has 1 aromatic heterocycles. The van der Waals surface area contributed by atoms with Crippen LogP contribution in [-0.2, 0) is 13.0 Å². The first-order valence-electron chi connectivity index (χ1n) is 4.00. The summed E-state index contributed by atoms with van der Waals surface area (Å²) in [7, 11) is 0. The lowest BCUT2D eigenvalue weighted by Crippen LogP contribution is -1.96. The highest BCUT2D eigenvalue weighted by Crippen LogP contribution is 1.98.